The maximum Gasteiger partial charge on any atom is 0.309 e. The lowest BCUT2D eigenvalue weighted by Crippen LogP contribution is -2.34. The van der Waals surface area contributed by atoms with Gasteiger partial charge in [-0.25, -0.2) is 0 Å². The van der Waals surface area contributed by atoms with Crippen LogP contribution in [0.2, 0.25) is 0 Å². The second-order valence-corrected chi connectivity index (χ2v) is 7.98. The van der Waals surface area contributed by atoms with Crippen LogP contribution in [0, 0.1) is 11.8 Å². The van der Waals surface area contributed by atoms with Crippen molar-refractivity contribution in [2.45, 2.75) is 96.1 Å². The Morgan fingerprint density at radius 3 is 2.29 bits per heavy atom. The number of esters is 2. The topological polar surface area (TPSA) is 65.1 Å². The van der Waals surface area contributed by atoms with Gasteiger partial charge < -0.3 is 14.2 Å². The molecule has 0 radical (unpaired) electrons. The van der Waals surface area contributed by atoms with Crippen LogP contribution in [0.5, 0.6) is 0 Å². The molecule has 0 amide bonds. The molecule has 136 valence electrons. The van der Waals surface area contributed by atoms with Crippen LogP contribution in [0.25, 0.3) is 0 Å². The summed E-state index contributed by atoms with van der Waals surface area (Å²) >= 11 is 0. The minimum absolute atomic E-state index is 0.0179. The molecule has 5 nitrogen and oxygen atoms in total. The van der Waals surface area contributed by atoms with Crippen LogP contribution in [-0.2, 0) is 23.8 Å². The summed E-state index contributed by atoms with van der Waals surface area (Å²) in [6, 6.07) is 0. The van der Waals surface area contributed by atoms with Crippen molar-refractivity contribution in [3.05, 3.63) is 0 Å². The first-order chi connectivity index (χ1) is 11.4. The molecule has 0 spiro atoms. The number of ether oxygens (including phenoxy) is 3. The standard InChI is InChI=1S/C19H30O5/c1-4-12(2)17(20)22-14-6-8-15(9-7-14)23-18(21)13-5-10-16-19(3,11-13)24-16/h12-16H,4-11H2,1-3H3. The SMILES string of the molecule is CCC(C)C(=O)OC1CCC(OC(=O)C2CCC3OC3(C)C2)CC1. The zero-order chi connectivity index (χ0) is 17.3. The van der Waals surface area contributed by atoms with Gasteiger partial charge in [-0.1, -0.05) is 13.8 Å². The zero-order valence-corrected chi connectivity index (χ0v) is 15.1. The van der Waals surface area contributed by atoms with Crippen molar-refractivity contribution in [1.82, 2.24) is 0 Å². The van der Waals surface area contributed by atoms with E-state index in [1.807, 2.05) is 13.8 Å². The highest BCUT2D eigenvalue weighted by molar-refractivity contribution is 5.73. The van der Waals surface area contributed by atoms with E-state index in [1.54, 1.807) is 0 Å². The highest BCUT2D eigenvalue weighted by Gasteiger charge is 2.56. The van der Waals surface area contributed by atoms with Crippen LogP contribution < -0.4 is 0 Å². The highest BCUT2D eigenvalue weighted by atomic mass is 16.6. The van der Waals surface area contributed by atoms with Gasteiger partial charge in [0, 0.05) is 0 Å². The van der Waals surface area contributed by atoms with Crippen LogP contribution in [0.15, 0.2) is 0 Å². The molecule has 0 aromatic carbocycles. The molecule has 0 bridgehead atoms. The fourth-order valence-corrected chi connectivity index (χ4v) is 3.96. The fraction of sp³-hybridized carbons (Fsp3) is 0.895. The van der Waals surface area contributed by atoms with E-state index in [-0.39, 0.29) is 41.6 Å². The van der Waals surface area contributed by atoms with Crippen molar-refractivity contribution < 1.29 is 23.8 Å². The summed E-state index contributed by atoms with van der Waals surface area (Å²) in [5, 5.41) is 0. The molecule has 2 saturated carbocycles. The molecule has 1 saturated heterocycles. The summed E-state index contributed by atoms with van der Waals surface area (Å²) in [5.74, 6) is -0.228. The number of hydrogen-bond acceptors (Lipinski definition) is 5. The molecular formula is C19H30O5. The lowest BCUT2D eigenvalue weighted by molar-refractivity contribution is -0.163. The van der Waals surface area contributed by atoms with Gasteiger partial charge in [-0.3, -0.25) is 9.59 Å². The first-order valence-electron chi connectivity index (χ1n) is 9.50. The summed E-state index contributed by atoms with van der Waals surface area (Å²) in [4.78, 5) is 24.3. The normalized spacial score (nSPS) is 39.5. The lowest BCUT2D eigenvalue weighted by atomic mass is 9.82. The number of fused-ring (bicyclic) bond motifs is 1. The van der Waals surface area contributed by atoms with Gasteiger partial charge in [0.1, 0.15) is 12.2 Å². The van der Waals surface area contributed by atoms with Gasteiger partial charge >= 0.3 is 11.9 Å². The highest BCUT2D eigenvalue weighted by Crippen LogP contribution is 2.49. The van der Waals surface area contributed by atoms with E-state index in [9.17, 15) is 9.59 Å². The van der Waals surface area contributed by atoms with Gasteiger partial charge in [-0.05, 0) is 58.3 Å². The zero-order valence-electron chi connectivity index (χ0n) is 15.1. The minimum atomic E-state index is -0.104. The van der Waals surface area contributed by atoms with Crippen molar-refractivity contribution in [2.24, 2.45) is 11.8 Å². The predicted molar refractivity (Wildman–Crippen MR) is 88.3 cm³/mol. The molecule has 4 unspecified atom stereocenters. The Morgan fingerprint density at radius 1 is 1.08 bits per heavy atom. The predicted octanol–water partition coefficient (Wildman–Crippen LogP) is 3.39. The molecule has 0 aromatic heterocycles. The van der Waals surface area contributed by atoms with Crippen LogP contribution in [-0.4, -0.2) is 35.9 Å². The van der Waals surface area contributed by atoms with Gasteiger partial charge in [-0.15, -0.1) is 0 Å². The van der Waals surface area contributed by atoms with E-state index in [0.29, 0.717) is 6.10 Å². The van der Waals surface area contributed by atoms with Gasteiger partial charge in [0.2, 0.25) is 0 Å². The van der Waals surface area contributed by atoms with E-state index in [0.717, 1.165) is 51.4 Å². The number of rotatable bonds is 5. The molecule has 5 heteroatoms. The summed E-state index contributed by atoms with van der Waals surface area (Å²) < 4.78 is 16.9. The Bertz CT molecular complexity index is 482. The van der Waals surface area contributed by atoms with Crippen molar-refractivity contribution >= 4 is 11.9 Å². The van der Waals surface area contributed by atoms with Crippen LogP contribution in [0.3, 0.4) is 0 Å². The maximum atomic E-state index is 12.4. The average molecular weight is 338 g/mol. The average Bonchev–Trinajstić information content (AvgIpc) is 3.26. The monoisotopic (exact) mass is 338 g/mol. The summed E-state index contributed by atoms with van der Waals surface area (Å²) in [6.45, 7) is 5.98. The first kappa shape index (κ1) is 17.7. The summed E-state index contributed by atoms with van der Waals surface area (Å²) in [6.07, 6.45) is 6.89. The maximum absolute atomic E-state index is 12.4. The molecule has 24 heavy (non-hydrogen) atoms. The number of hydrogen-bond donors (Lipinski definition) is 0. The Labute approximate surface area is 144 Å². The van der Waals surface area contributed by atoms with Crippen LogP contribution in [0.4, 0.5) is 0 Å². The van der Waals surface area contributed by atoms with E-state index in [1.165, 1.54) is 0 Å². The molecule has 4 atom stereocenters. The third-order valence-electron chi connectivity index (χ3n) is 6.00. The lowest BCUT2D eigenvalue weighted by Gasteiger charge is -2.30. The molecule has 3 rings (SSSR count). The minimum Gasteiger partial charge on any atom is -0.462 e. The van der Waals surface area contributed by atoms with Crippen LogP contribution >= 0.6 is 0 Å². The Morgan fingerprint density at radius 2 is 1.71 bits per heavy atom. The van der Waals surface area contributed by atoms with E-state index < -0.39 is 0 Å². The number of epoxide rings is 1. The quantitative estimate of drug-likeness (QED) is 0.568. The molecule has 3 aliphatic rings. The van der Waals surface area contributed by atoms with Gasteiger partial charge in [0.05, 0.1) is 23.5 Å². The van der Waals surface area contributed by atoms with Crippen molar-refractivity contribution in [3.63, 3.8) is 0 Å². The van der Waals surface area contributed by atoms with E-state index >= 15 is 0 Å². The summed E-state index contributed by atoms with van der Waals surface area (Å²) in [7, 11) is 0. The van der Waals surface area contributed by atoms with E-state index in [4.69, 9.17) is 14.2 Å². The number of carbonyl (C=O) groups excluding carboxylic acids is 2. The Hall–Kier alpha value is -1.10. The fourth-order valence-electron chi connectivity index (χ4n) is 3.96. The second kappa shape index (κ2) is 7.03. The molecule has 1 heterocycles. The van der Waals surface area contributed by atoms with Gasteiger partial charge in [0.15, 0.2) is 0 Å². The van der Waals surface area contributed by atoms with Gasteiger partial charge in [0.25, 0.3) is 0 Å². The Kier molecular flexibility index (Phi) is 5.19. The third-order valence-corrected chi connectivity index (χ3v) is 6.00. The first-order valence-corrected chi connectivity index (χ1v) is 9.50. The summed E-state index contributed by atoms with van der Waals surface area (Å²) in [5.41, 5.74) is -0.0796. The van der Waals surface area contributed by atoms with Crippen LogP contribution in [0.1, 0.15) is 72.1 Å². The Balaban J connectivity index is 1.39. The molecule has 2 aliphatic carbocycles. The van der Waals surface area contributed by atoms with Crippen molar-refractivity contribution in [2.75, 3.05) is 0 Å². The third kappa shape index (κ3) is 3.93. The van der Waals surface area contributed by atoms with E-state index in [2.05, 4.69) is 6.92 Å². The molecule has 0 aromatic rings. The number of carbonyl (C=O) groups is 2. The molecule has 3 fully saturated rings. The largest absolute Gasteiger partial charge is 0.462 e. The molecule has 0 N–H and O–H groups in total. The van der Waals surface area contributed by atoms with Crippen molar-refractivity contribution in [3.8, 4) is 0 Å². The second-order valence-electron chi connectivity index (χ2n) is 7.98. The van der Waals surface area contributed by atoms with Gasteiger partial charge in [-0.2, -0.15) is 0 Å². The smallest absolute Gasteiger partial charge is 0.309 e. The molecular weight excluding hydrogens is 308 g/mol. The van der Waals surface area contributed by atoms with Crippen molar-refractivity contribution in [1.29, 1.82) is 0 Å². The molecule has 1 aliphatic heterocycles.